The number of nitrogens with one attached hydrogen (secondary N) is 2. The van der Waals surface area contributed by atoms with Crippen molar-refractivity contribution in [2.24, 2.45) is 0 Å². The van der Waals surface area contributed by atoms with E-state index in [2.05, 4.69) is 42.0 Å². The molecule has 3 atom stereocenters. The van der Waals surface area contributed by atoms with Crippen molar-refractivity contribution in [2.45, 2.75) is 62.6 Å². The molecule has 0 saturated carbocycles. The van der Waals surface area contributed by atoms with Crippen LogP contribution in [0.3, 0.4) is 0 Å². The van der Waals surface area contributed by atoms with Crippen LogP contribution in [-0.4, -0.2) is 65.3 Å². The second-order valence-corrected chi connectivity index (χ2v) is 11.1. The minimum atomic E-state index is -0.000457. The van der Waals surface area contributed by atoms with E-state index in [1.54, 1.807) is 12.4 Å². The van der Waals surface area contributed by atoms with Gasteiger partial charge in [-0.05, 0) is 74.9 Å². The molecular formula is C30H30N8O. The molecule has 7 heterocycles. The number of carbonyl (C=O) groups excluding carboxylic acids is 1. The smallest absolute Gasteiger partial charge is 0.240 e. The summed E-state index contributed by atoms with van der Waals surface area (Å²) in [6.07, 6.45) is 13.6. The van der Waals surface area contributed by atoms with E-state index in [9.17, 15) is 4.79 Å². The first kappa shape index (κ1) is 22.8. The number of fused-ring (bicyclic) bond motifs is 4. The van der Waals surface area contributed by atoms with Crippen LogP contribution in [0.2, 0.25) is 0 Å². The van der Waals surface area contributed by atoms with Crippen molar-refractivity contribution in [3.63, 3.8) is 0 Å². The Balaban J connectivity index is 1.24. The van der Waals surface area contributed by atoms with Crippen molar-refractivity contribution in [2.75, 3.05) is 6.54 Å². The zero-order valence-corrected chi connectivity index (χ0v) is 21.6. The molecule has 3 aliphatic rings. The van der Waals surface area contributed by atoms with Crippen LogP contribution in [-0.2, 0) is 4.79 Å². The predicted octanol–water partition coefficient (Wildman–Crippen LogP) is 4.32. The quantitative estimate of drug-likeness (QED) is 0.367. The van der Waals surface area contributed by atoms with Crippen LogP contribution >= 0.6 is 0 Å². The molecule has 3 saturated heterocycles. The lowest BCUT2D eigenvalue weighted by atomic mass is 9.87. The number of benzene rings is 1. The molecular weight excluding hydrogens is 488 g/mol. The minimum absolute atomic E-state index is 0.000457. The summed E-state index contributed by atoms with van der Waals surface area (Å²) in [5.74, 6) is 0.629. The van der Waals surface area contributed by atoms with Crippen molar-refractivity contribution < 1.29 is 4.79 Å². The van der Waals surface area contributed by atoms with Crippen LogP contribution in [0.1, 0.15) is 50.1 Å². The molecule has 196 valence electrons. The molecule has 8 rings (SSSR count). The highest BCUT2D eigenvalue weighted by Crippen LogP contribution is 2.45. The molecule has 1 aromatic carbocycles. The lowest BCUT2D eigenvalue weighted by Gasteiger charge is -2.40. The Labute approximate surface area is 225 Å². The SMILES string of the molecule is O=C([C@H]1CCCN1)N1C2CCC1CC(c1ccnc3c(-c4cccc5[nH]ncc45)c(-c4ccncc4)nn13)C2. The fourth-order valence-corrected chi connectivity index (χ4v) is 7.27. The number of H-pyrrole nitrogens is 1. The van der Waals surface area contributed by atoms with Gasteiger partial charge < -0.3 is 10.2 Å². The van der Waals surface area contributed by atoms with E-state index < -0.39 is 0 Å². The van der Waals surface area contributed by atoms with E-state index in [1.165, 1.54) is 5.69 Å². The molecule has 5 aromatic rings. The van der Waals surface area contributed by atoms with Gasteiger partial charge in [-0.3, -0.25) is 14.9 Å². The van der Waals surface area contributed by atoms with Crippen LogP contribution < -0.4 is 5.32 Å². The summed E-state index contributed by atoms with van der Waals surface area (Å²) in [5, 5.41) is 17.1. The maximum atomic E-state index is 13.4. The summed E-state index contributed by atoms with van der Waals surface area (Å²) in [5.41, 5.74) is 6.93. The summed E-state index contributed by atoms with van der Waals surface area (Å²) < 4.78 is 2.06. The fourth-order valence-electron chi connectivity index (χ4n) is 7.27. The fraction of sp³-hybridized carbons (Fsp3) is 0.367. The lowest BCUT2D eigenvalue weighted by molar-refractivity contribution is -0.137. The van der Waals surface area contributed by atoms with E-state index >= 15 is 0 Å². The molecule has 1 amide bonds. The van der Waals surface area contributed by atoms with Crippen LogP contribution in [0.4, 0.5) is 0 Å². The summed E-state index contributed by atoms with van der Waals surface area (Å²) in [4.78, 5) is 24.7. The summed E-state index contributed by atoms with van der Waals surface area (Å²) >= 11 is 0. The van der Waals surface area contributed by atoms with E-state index in [-0.39, 0.29) is 6.04 Å². The van der Waals surface area contributed by atoms with Gasteiger partial charge in [0.2, 0.25) is 5.91 Å². The van der Waals surface area contributed by atoms with Gasteiger partial charge in [0.25, 0.3) is 0 Å². The zero-order chi connectivity index (χ0) is 25.9. The van der Waals surface area contributed by atoms with Crippen LogP contribution in [0, 0.1) is 0 Å². The first-order valence-corrected chi connectivity index (χ1v) is 14.0. The molecule has 2 N–H and O–H groups in total. The van der Waals surface area contributed by atoms with Crippen molar-refractivity contribution in [1.82, 2.24) is 40.0 Å². The topological polar surface area (TPSA) is 104 Å². The predicted molar refractivity (Wildman–Crippen MR) is 148 cm³/mol. The number of aromatic amines is 1. The van der Waals surface area contributed by atoms with Gasteiger partial charge in [-0.1, -0.05) is 12.1 Å². The molecule has 9 heteroatoms. The van der Waals surface area contributed by atoms with Gasteiger partial charge in [0.1, 0.15) is 5.69 Å². The zero-order valence-electron chi connectivity index (χ0n) is 21.6. The standard InChI is InChI=1S/C30H30N8O/c39-30(25-5-2-11-32-25)37-20-6-7-21(37)16-19(15-20)26-10-14-33-29-27(22-3-1-4-24-23(22)17-34-35-24)28(36-38(26)29)18-8-12-31-13-9-18/h1,3-4,8-10,12-14,17,19-21,25,32H,2,5-7,11,15-16H2,(H,34,35)/t19?,20?,21?,25-/m1/s1. The Morgan fingerprint density at radius 3 is 2.62 bits per heavy atom. The van der Waals surface area contributed by atoms with E-state index in [4.69, 9.17) is 10.1 Å². The normalized spacial score (nSPS) is 24.7. The number of nitrogens with zero attached hydrogens (tertiary/aromatic N) is 6. The summed E-state index contributed by atoms with van der Waals surface area (Å²) in [6, 6.07) is 12.9. The molecule has 0 radical (unpaired) electrons. The lowest BCUT2D eigenvalue weighted by Crippen LogP contribution is -2.52. The Kier molecular flexibility index (Phi) is 5.26. The van der Waals surface area contributed by atoms with Gasteiger partial charge in [0.05, 0.1) is 23.3 Å². The van der Waals surface area contributed by atoms with Gasteiger partial charge >= 0.3 is 0 Å². The number of carbonyl (C=O) groups is 1. The van der Waals surface area contributed by atoms with Gasteiger partial charge in [0.15, 0.2) is 5.65 Å². The molecule has 0 spiro atoms. The average molecular weight is 519 g/mol. The maximum absolute atomic E-state index is 13.4. The molecule has 2 unspecified atom stereocenters. The maximum Gasteiger partial charge on any atom is 0.240 e. The molecule has 0 aliphatic carbocycles. The Bertz CT molecular complexity index is 1670. The van der Waals surface area contributed by atoms with Gasteiger partial charge in [0, 0.05) is 53.2 Å². The Morgan fingerprint density at radius 2 is 1.82 bits per heavy atom. The van der Waals surface area contributed by atoms with Crippen molar-refractivity contribution in [1.29, 1.82) is 0 Å². The number of amides is 1. The number of piperidine rings is 1. The van der Waals surface area contributed by atoms with Crippen molar-refractivity contribution in [3.05, 3.63) is 66.9 Å². The van der Waals surface area contributed by atoms with E-state index in [0.717, 1.165) is 84.0 Å². The largest absolute Gasteiger partial charge is 0.335 e. The monoisotopic (exact) mass is 518 g/mol. The third kappa shape index (κ3) is 3.60. The van der Waals surface area contributed by atoms with Crippen LogP contribution in [0.15, 0.2) is 61.2 Å². The molecule has 4 aromatic heterocycles. The first-order chi connectivity index (χ1) is 19.3. The van der Waals surface area contributed by atoms with Crippen LogP contribution in [0.5, 0.6) is 0 Å². The molecule has 2 bridgehead atoms. The Morgan fingerprint density at radius 1 is 0.974 bits per heavy atom. The average Bonchev–Trinajstić information content (AvgIpc) is 3.78. The highest BCUT2D eigenvalue weighted by Gasteiger charge is 2.46. The highest BCUT2D eigenvalue weighted by atomic mass is 16.2. The third-order valence-electron chi connectivity index (χ3n) is 9.02. The second kappa shape index (κ2) is 8.98. The van der Waals surface area contributed by atoms with E-state index in [0.29, 0.717) is 23.9 Å². The summed E-state index contributed by atoms with van der Waals surface area (Å²) in [6.45, 7) is 0.950. The van der Waals surface area contributed by atoms with Gasteiger partial charge in [-0.25, -0.2) is 9.50 Å². The van der Waals surface area contributed by atoms with Crippen molar-refractivity contribution >= 4 is 22.5 Å². The Hall–Kier alpha value is -4.11. The minimum Gasteiger partial charge on any atom is -0.335 e. The number of hydrogen-bond donors (Lipinski definition) is 2. The number of pyridine rings is 1. The number of rotatable bonds is 4. The summed E-state index contributed by atoms with van der Waals surface area (Å²) in [7, 11) is 0. The second-order valence-electron chi connectivity index (χ2n) is 11.1. The molecule has 3 fully saturated rings. The van der Waals surface area contributed by atoms with Gasteiger partial charge in [-0.2, -0.15) is 10.2 Å². The van der Waals surface area contributed by atoms with Gasteiger partial charge in [-0.15, -0.1) is 0 Å². The molecule has 39 heavy (non-hydrogen) atoms. The van der Waals surface area contributed by atoms with E-state index in [1.807, 2.05) is 36.7 Å². The number of aromatic nitrogens is 6. The first-order valence-electron chi connectivity index (χ1n) is 14.0. The van der Waals surface area contributed by atoms with Crippen molar-refractivity contribution in [3.8, 4) is 22.4 Å². The molecule has 3 aliphatic heterocycles. The highest BCUT2D eigenvalue weighted by molar-refractivity contribution is 6.02. The number of hydrogen-bond acceptors (Lipinski definition) is 6. The third-order valence-corrected chi connectivity index (χ3v) is 9.02. The molecule has 9 nitrogen and oxygen atoms in total. The van der Waals surface area contributed by atoms with Crippen LogP contribution in [0.25, 0.3) is 38.9 Å².